The SMILES string of the molecule is O=C1C(=O)N(c2nc3ccc(F)cc3s2)C(c2cccc(Br)c2)C1C(=O)c1ccco1. The predicted molar refractivity (Wildman–Crippen MR) is 115 cm³/mol. The maximum Gasteiger partial charge on any atom is 0.297 e. The van der Waals surface area contributed by atoms with Gasteiger partial charge in [-0.1, -0.05) is 39.4 Å². The number of benzene rings is 2. The topological polar surface area (TPSA) is 80.5 Å². The number of nitrogens with zero attached hydrogens (tertiary/aromatic N) is 2. The van der Waals surface area contributed by atoms with E-state index in [1.165, 1.54) is 35.4 Å². The van der Waals surface area contributed by atoms with Gasteiger partial charge < -0.3 is 4.42 Å². The normalized spacial score (nSPS) is 18.8. The minimum absolute atomic E-state index is 0.000585. The van der Waals surface area contributed by atoms with Crippen molar-refractivity contribution >= 4 is 60.1 Å². The number of carbonyl (C=O) groups is 3. The van der Waals surface area contributed by atoms with E-state index in [1.54, 1.807) is 30.3 Å². The van der Waals surface area contributed by atoms with Crippen molar-refractivity contribution in [3.8, 4) is 0 Å². The molecule has 1 amide bonds. The summed E-state index contributed by atoms with van der Waals surface area (Å²) < 4.78 is 20.1. The Kier molecular flexibility index (Phi) is 4.79. The fourth-order valence-electron chi connectivity index (χ4n) is 3.73. The summed E-state index contributed by atoms with van der Waals surface area (Å²) in [7, 11) is 0. The van der Waals surface area contributed by atoms with Crippen LogP contribution in [0.1, 0.15) is 22.2 Å². The van der Waals surface area contributed by atoms with Gasteiger partial charge >= 0.3 is 0 Å². The number of thiazole rings is 1. The Morgan fingerprint density at radius 1 is 1.13 bits per heavy atom. The number of aromatic nitrogens is 1. The molecule has 0 spiro atoms. The molecule has 6 nitrogen and oxygen atoms in total. The zero-order chi connectivity index (χ0) is 21.7. The van der Waals surface area contributed by atoms with E-state index >= 15 is 0 Å². The third-order valence-corrected chi connectivity index (χ3v) is 6.60. The first kappa shape index (κ1) is 19.8. The molecule has 154 valence electrons. The van der Waals surface area contributed by atoms with Crippen LogP contribution in [0.15, 0.2) is 69.8 Å². The van der Waals surface area contributed by atoms with E-state index in [1.807, 2.05) is 0 Å². The van der Waals surface area contributed by atoms with Gasteiger partial charge in [-0.15, -0.1) is 0 Å². The van der Waals surface area contributed by atoms with E-state index in [0.717, 1.165) is 15.8 Å². The van der Waals surface area contributed by atoms with Crippen LogP contribution < -0.4 is 4.90 Å². The van der Waals surface area contributed by atoms with E-state index in [2.05, 4.69) is 20.9 Å². The number of furan rings is 1. The Morgan fingerprint density at radius 3 is 2.71 bits per heavy atom. The third-order valence-electron chi connectivity index (χ3n) is 5.09. The summed E-state index contributed by atoms with van der Waals surface area (Å²) in [5, 5.41) is 0.221. The van der Waals surface area contributed by atoms with Crippen molar-refractivity contribution < 1.29 is 23.2 Å². The number of halogens is 2. The van der Waals surface area contributed by atoms with Crippen molar-refractivity contribution in [3.05, 3.63) is 82.5 Å². The monoisotopic (exact) mass is 498 g/mol. The molecule has 2 aromatic carbocycles. The van der Waals surface area contributed by atoms with Crippen molar-refractivity contribution in [2.45, 2.75) is 6.04 Å². The Morgan fingerprint density at radius 2 is 1.97 bits per heavy atom. The first-order valence-corrected chi connectivity index (χ1v) is 10.8. The molecule has 31 heavy (non-hydrogen) atoms. The molecule has 1 fully saturated rings. The molecule has 0 radical (unpaired) electrons. The summed E-state index contributed by atoms with van der Waals surface area (Å²) in [6.07, 6.45) is 1.34. The molecular formula is C22H12BrFN2O4S. The highest BCUT2D eigenvalue weighted by atomic mass is 79.9. The highest BCUT2D eigenvalue weighted by molar-refractivity contribution is 9.10. The molecule has 2 aromatic heterocycles. The fourth-order valence-corrected chi connectivity index (χ4v) is 5.17. The number of hydrogen-bond acceptors (Lipinski definition) is 6. The van der Waals surface area contributed by atoms with Gasteiger partial charge in [-0.3, -0.25) is 19.3 Å². The molecule has 1 aliphatic heterocycles. The summed E-state index contributed by atoms with van der Waals surface area (Å²) in [6, 6.07) is 13.2. The van der Waals surface area contributed by atoms with E-state index in [-0.39, 0.29) is 10.9 Å². The Bertz CT molecular complexity index is 1350. The number of amides is 1. The molecule has 4 aromatic rings. The van der Waals surface area contributed by atoms with Gasteiger partial charge in [0.05, 0.1) is 22.5 Å². The summed E-state index contributed by atoms with van der Waals surface area (Å²) in [5.74, 6) is -3.98. The molecule has 5 rings (SSSR count). The highest BCUT2D eigenvalue weighted by Gasteiger charge is 2.53. The third kappa shape index (κ3) is 3.30. The first-order valence-electron chi connectivity index (χ1n) is 9.21. The molecule has 2 unspecified atom stereocenters. The van der Waals surface area contributed by atoms with Gasteiger partial charge in [0.2, 0.25) is 11.6 Å². The lowest BCUT2D eigenvalue weighted by molar-refractivity contribution is -0.135. The van der Waals surface area contributed by atoms with Gasteiger partial charge in [0.25, 0.3) is 5.91 Å². The molecule has 2 atom stereocenters. The average Bonchev–Trinajstić information content (AvgIpc) is 3.46. The summed E-state index contributed by atoms with van der Waals surface area (Å²) in [4.78, 5) is 44.9. The van der Waals surface area contributed by atoms with Crippen LogP contribution >= 0.6 is 27.3 Å². The number of fused-ring (bicyclic) bond motifs is 1. The quantitative estimate of drug-likeness (QED) is 0.226. The van der Waals surface area contributed by atoms with E-state index < -0.39 is 35.3 Å². The second-order valence-electron chi connectivity index (χ2n) is 6.97. The van der Waals surface area contributed by atoms with Crippen molar-refractivity contribution in [2.75, 3.05) is 4.90 Å². The highest BCUT2D eigenvalue weighted by Crippen LogP contribution is 2.44. The van der Waals surface area contributed by atoms with Crippen LogP contribution in [0.5, 0.6) is 0 Å². The lowest BCUT2D eigenvalue weighted by Gasteiger charge is -2.24. The van der Waals surface area contributed by atoms with E-state index in [4.69, 9.17) is 4.42 Å². The molecule has 0 bridgehead atoms. The summed E-state index contributed by atoms with van der Waals surface area (Å²) in [5.41, 5.74) is 1.08. The maximum absolute atomic E-state index is 13.7. The molecule has 0 saturated carbocycles. The van der Waals surface area contributed by atoms with Crippen LogP contribution in [-0.4, -0.2) is 22.5 Å². The summed E-state index contributed by atoms with van der Waals surface area (Å²) >= 11 is 4.48. The van der Waals surface area contributed by atoms with Gasteiger partial charge in [-0.25, -0.2) is 9.37 Å². The van der Waals surface area contributed by atoms with Gasteiger partial charge in [-0.2, -0.15) is 0 Å². The average molecular weight is 499 g/mol. The number of carbonyl (C=O) groups excluding carboxylic acids is 3. The molecule has 9 heteroatoms. The van der Waals surface area contributed by atoms with Gasteiger partial charge in [0.15, 0.2) is 10.9 Å². The van der Waals surface area contributed by atoms with Crippen molar-refractivity contribution in [3.63, 3.8) is 0 Å². The van der Waals surface area contributed by atoms with E-state index in [0.29, 0.717) is 15.8 Å². The van der Waals surface area contributed by atoms with Gasteiger partial charge in [0.1, 0.15) is 11.7 Å². The van der Waals surface area contributed by atoms with Gasteiger partial charge in [-0.05, 0) is 48.0 Å². The first-order chi connectivity index (χ1) is 14.9. The molecule has 3 heterocycles. The largest absolute Gasteiger partial charge is 0.461 e. The van der Waals surface area contributed by atoms with Crippen LogP contribution in [0.3, 0.4) is 0 Å². The Labute approximate surface area is 187 Å². The second kappa shape index (κ2) is 7.51. The van der Waals surface area contributed by atoms with Crippen molar-refractivity contribution in [1.29, 1.82) is 0 Å². The standard InChI is InChI=1S/C22H12BrFN2O4S/c23-12-4-1-3-11(9-12)18-17(19(27)15-5-2-8-30-15)20(28)21(29)26(18)22-25-14-7-6-13(24)10-16(14)31-22/h1-10,17-18H. The minimum Gasteiger partial charge on any atom is -0.461 e. The molecular weight excluding hydrogens is 487 g/mol. The lowest BCUT2D eigenvalue weighted by Crippen LogP contribution is -2.30. The molecule has 0 N–H and O–H groups in total. The maximum atomic E-state index is 13.7. The van der Waals surface area contributed by atoms with Crippen molar-refractivity contribution in [1.82, 2.24) is 4.98 Å². The minimum atomic E-state index is -1.29. The van der Waals surface area contributed by atoms with Crippen LogP contribution in [0, 0.1) is 11.7 Å². The Balaban J connectivity index is 1.68. The number of anilines is 1. The fraction of sp³-hybridized carbons (Fsp3) is 0.0909. The van der Waals surface area contributed by atoms with Gasteiger partial charge in [0, 0.05) is 4.47 Å². The molecule has 1 aliphatic rings. The number of Topliss-reactive ketones (excluding diaryl/α,β-unsaturated/α-hetero) is 2. The second-order valence-corrected chi connectivity index (χ2v) is 8.89. The Hall–Kier alpha value is -3.17. The molecule has 1 saturated heterocycles. The lowest BCUT2D eigenvalue weighted by atomic mass is 9.88. The van der Waals surface area contributed by atoms with Crippen LogP contribution in [0.25, 0.3) is 10.2 Å². The summed E-state index contributed by atoms with van der Waals surface area (Å²) in [6.45, 7) is 0. The number of ketones is 2. The van der Waals surface area contributed by atoms with E-state index in [9.17, 15) is 18.8 Å². The van der Waals surface area contributed by atoms with Crippen molar-refractivity contribution in [2.24, 2.45) is 5.92 Å². The zero-order valence-corrected chi connectivity index (χ0v) is 18.0. The number of rotatable bonds is 4. The van der Waals surface area contributed by atoms with Crippen LogP contribution in [-0.2, 0) is 9.59 Å². The zero-order valence-electron chi connectivity index (χ0n) is 15.6. The smallest absolute Gasteiger partial charge is 0.297 e. The van der Waals surface area contributed by atoms with Crippen LogP contribution in [0.2, 0.25) is 0 Å². The molecule has 0 aliphatic carbocycles. The predicted octanol–water partition coefficient (Wildman–Crippen LogP) is 4.95. The van der Waals surface area contributed by atoms with Crippen LogP contribution in [0.4, 0.5) is 9.52 Å². The number of hydrogen-bond donors (Lipinski definition) is 0.